The van der Waals surface area contributed by atoms with Crippen LogP contribution in [-0.4, -0.2) is 37.6 Å². The third kappa shape index (κ3) is 3.17. The lowest BCUT2D eigenvalue weighted by molar-refractivity contribution is 0.00578. The highest BCUT2D eigenvalue weighted by molar-refractivity contribution is 6.62. The van der Waals surface area contributed by atoms with Gasteiger partial charge in [0.05, 0.1) is 17.3 Å². The molecule has 1 aromatic carbocycles. The molecule has 3 rings (SSSR count). The topological polar surface area (TPSA) is 36.9 Å². The SMILES string of the molecule is CC1(C)OB(c2ccc(OC[C@H]3CCCO3)cc2)OC1(C)C. The second kappa shape index (κ2) is 5.87. The van der Waals surface area contributed by atoms with E-state index >= 15 is 0 Å². The molecule has 0 bridgehead atoms. The second-order valence-corrected chi connectivity index (χ2v) is 7.10. The van der Waals surface area contributed by atoms with E-state index in [2.05, 4.69) is 27.7 Å². The molecule has 1 atom stereocenters. The molecule has 0 aliphatic carbocycles. The minimum absolute atomic E-state index is 0.239. The molecule has 2 saturated heterocycles. The quantitative estimate of drug-likeness (QED) is 0.801. The van der Waals surface area contributed by atoms with Gasteiger partial charge in [-0.15, -0.1) is 0 Å². The van der Waals surface area contributed by atoms with Crippen LogP contribution in [-0.2, 0) is 14.0 Å². The smallest absolute Gasteiger partial charge is 0.491 e. The monoisotopic (exact) mass is 304 g/mol. The van der Waals surface area contributed by atoms with Crippen LogP contribution in [0.1, 0.15) is 40.5 Å². The maximum atomic E-state index is 6.05. The third-order valence-corrected chi connectivity index (χ3v) is 4.87. The number of hydrogen-bond acceptors (Lipinski definition) is 4. The van der Waals surface area contributed by atoms with Gasteiger partial charge < -0.3 is 18.8 Å². The van der Waals surface area contributed by atoms with Gasteiger partial charge in [0, 0.05) is 6.61 Å². The van der Waals surface area contributed by atoms with Crippen molar-refractivity contribution in [1.29, 1.82) is 0 Å². The largest absolute Gasteiger partial charge is 0.494 e. The molecule has 0 saturated carbocycles. The molecule has 2 aliphatic rings. The maximum Gasteiger partial charge on any atom is 0.494 e. The molecule has 4 nitrogen and oxygen atoms in total. The second-order valence-electron chi connectivity index (χ2n) is 7.10. The first-order valence-electron chi connectivity index (χ1n) is 8.07. The Morgan fingerprint density at radius 3 is 2.27 bits per heavy atom. The predicted molar refractivity (Wildman–Crippen MR) is 86.6 cm³/mol. The van der Waals surface area contributed by atoms with E-state index in [9.17, 15) is 0 Å². The van der Waals surface area contributed by atoms with Gasteiger partial charge in [0.1, 0.15) is 12.4 Å². The highest BCUT2D eigenvalue weighted by Gasteiger charge is 2.51. The van der Waals surface area contributed by atoms with E-state index in [4.69, 9.17) is 18.8 Å². The standard InChI is InChI=1S/C17H25BO4/c1-16(2)17(3,4)22-18(21-16)13-7-9-14(10-8-13)20-12-15-6-5-11-19-15/h7-10,15H,5-6,11-12H2,1-4H3/t15-/m1/s1. The van der Waals surface area contributed by atoms with Crippen molar-refractivity contribution in [3.05, 3.63) is 24.3 Å². The molecule has 2 heterocycles. The fourth-order valence-electron chi connectivity index (χ4n) is 2.67. The van der Waals surface area contributed by atoms with Gasteiger partial charge in [0.15, 0.2) is 0 Å². The molecule has 2 aliphatic heterocycles. The zero-order valence-corrected chi connectivity index (χ0v) is 13.9. The summed E-state index contributed by atoms with van der Waals surface area (Å²) in [6.45, 7) is 9.72. The lowest BCUT2D eigenvalue weighted by Crippen LogP contribution is -2.41. The summed E-state index contributed by atoms with van der Waals surface area (Å²) in [6, 6.07) is 7.95. The van der Waals surface area contributed by atoms with Crippen LogP contribution in [0.2, 0.25) is 0 Å². The van der Waals surface area contributed by atoms with Crippen LogP contribution in [0.15, 0.2) is 24.3 Å². The zero-order chi connectivity index (χ0) is 15.8. The lowest BCUT2D eigenvalue weighted by atomic mass is 9.79. The summed E-state index contributed by atoms with van der Waals surface area (Å²) in [4.78, 5) is 0. The van der Waals surface area contributed by atoms with E-state index in [1.807, 2.05) is 24.3 Å². The highest BCUT2D eigenvalue weighted by atomic mass is 16.7. The summed E-state index contributed by atoms with van der Waals surface area (Å²) in [5.41, 5.74) is 0.391. The summed E-state index contributed by atoms with van der Waals surface area (Å²) >= 11 is 0. The van der Waals surface area contributed by atoms with Crippen molar-refractivity contribution in [3.8, 4) is 5.75 Å². The molecule has 5 heteroatoms. The van der Waals surface area contributed by atoms with Gasteiger partial charge in [-0.2, -0.15) is 0 Å². The van der Waals surface area contributed by atoms with Crippen LogP contribution >= 0.6 is 0 Å². The van der Waals surface area contributed by atoms with Crippen LogP contribution in [0.4, 0.5) is 0 Å². The van der Waals surface area contributed by atoms with E-state index in [-0.39, 0.29) is 24.4 Å². The maximum absolute atomic E-state index is 6.05. The van der Waals surface area contributed by atoms with Gasteiger partial charge in [-0.3, -0.25) is 0 Å². The molecule has 1 aromatic rings. The average Bonchev–Trinajstić information content (AvgIpc) is 3.04. The molecule has 0 unspecified atom stereocenters. The van der Waals surface area contributed by atoms with Crippen molar-refractivity contribution in [2.45, 2.75) is 57.8 Å². The molecule has 120 valence electrons. The Morgan fingerprint density at radius 2 is 1.73 bits per heavy atom. The Bertz CT molecular complexity index is 490. The van der Waals surface area contributed by atoms with E-state index in [0.29, 0.717) is 6.61 Å². The molecule has 0 aromatic heterocycles. The van der Waals surface area contributed by atoms with Gasteiger partial charge in [-0.05, 0) is 58.1 Å². The summed E-state index contributed by atoms with van der Waals surface area (Å²) in [7, 11) is -0.322. The van der Waals surface area contributed by atoms with E-state index in [1.54, 1.807) is 0 Å². The third-order valence-electron chi connectivity index (χ3n) is 4.87. The fourth-order valence-corrected chi connectivity index (χ4v) is 2.67. The van der Waals surface area contributed by atoms with Crippen LogP contribution in [0.3, 0.4) is 0 Å². The Labute approximate surface area is 133 Å². The van der Waals surface area contributed by atoms with Gasteiger partial charge in [0.25, 0.3) is 0 Å². The van der Waals surface area contributed by atoms with Gasteiger partial charge >= 0.3 is 7.12 Å². The average molecular weight is 304 g/mol. The first-order chi connectivity index (χ1) is 10.4. The van der Waals surface area contributed by atoms with Crippen LogP contribution in [0, 0.1) is 0 Å². The minimum atomic E-state index is -0.322. The van der Waals surface area contributed by atoms with Crippen LogP contribution in [0.5, 0.6) is 5.75 Å². The summed E-state index contributed by atoms with van der Waals surface area (Å²) < 4.78 is 23.4. The molecule has 0 N–H and O–H groups in total. The van der Waals surface area contributed by atoms with Gasteiger partial charge in [-0.25, -0.2) is 0 Å². The summed E-state index contributed by atoms with van der Waals surface area (Å²) in [5.74, 6) is 0.857. The molecular formula is C17H25BO4. The molecular weight excluding hydrogens is 279 g/mol. The van der Waals surface area contributed by atoms with Gasteiger partial charge in [-0.1, -0.05) is 12.1 Å². The molecule has 0 amide bonds. The van der Waals surface area contributed by atoms with Crippen molar-refractivity contribution in [2.24, 2.45) is 0 Å². The number of rotatable bonds is 4. The predicted octanol–water partition coefficient (Wildman–Crippen LogP) is 2.54. The molecule has 2 fully saturated rings. The Morgan fingerprint density at radius 1 is 1.09 bits per heavy atom. The number of ether oxygens (including phenoxy) is 2. The van der Waals surface area contributed by atoms with E-state index < -0.39 is 0 Å². The Hall–Kier alpha value is -1.04. The normalized spacial score (nSPS) is 26.4. The van der Waals surface area contributed by atoms with Crippen molar-refractivity contribution < 1.29 is 18.8 Å². The lowest BCUT2D eigenvalue weighted by Gasteiger charge is -2.32. The van der Waals surface area contributed by atoms with Crippen LogP contribution in [0.25, 0.3) is 0 Å². The Balaban J connectivity index is 1.60. The van der Waals surface area contributed by atoms with Gasteiger partial charge in [0.2, 0.25) is 0 Å². The van der Waals surface area contributed by atoms with E-state index in [1.165, 1.54) is 0 Å². The number of benzene rings is 1. The van der Waals surface area contributed by atoms with Crippen molar-refractivity contribution >= 4 is 12.6 Å². The highest BCUT2D eigenvalue weighted by Crippen LogP contribution is 2.36. The molecule has 0 radical (unpaired) electrons. The summed E-state index contributed by atoms with van der Waals surface area (Å²) in [6.07, 6.45) is 2.46. The molecule has 22 heavy (non-hydrogen) atoms. The number of hydrogen-bond donors (Lipinski definition) is 0. The first-order valence-corrected chi connectivity index (χ1v) is 8.07. The Kier molecular flexibility index (Phi) is 4.23. The zero-order valence-electron chi connectivity index (χ0n) is 13.9. The van der Waals surface area contributed by atoms with Crippen molar-refractivity contribution in [3.63, 3.8) is 0 Å². The van der Waals surface area contributed by atoms with Crippen LogP contribution < -0.4 is 10.2 Å². The van der Waals surface area contributed by atoms with E-state index in [0.717, 1.165) is 30.7 Å². The van der Waals surface area contributed by atoms with Crippen molar-refractivity contribution in [2.75, 3.05) is 13.2 Å². The molecule has 0 spiro atoms. The van der Waals surface area contributed by atoms with Crippen molar-refractivity contribution in [1.82, 2.24) is 0 Å². The minimum Gasteiger partial charge on any atom is -0.491 e. The summed E-state index contributed by atoms with van der Waals surface area (Å²) in [5, 5.41) is 0. The first kappa shape index (κ1) is 15.8. The fraction of sp³-hybridized carbons (Fsp3) is 0.647.